The molecule has 0 radical (unpaired) electrons. The third kappa shape index (κ3) is 7.87. The van der Waals surface area contributed by atoms with E-state index in [1.165, 1.54) is 44.6 Å². The fraction of sp³-hybridized carbons (Fsp3) is 0.333. The first kappa shape index (κ1) is 29.7. The molecule has 0 unspecified atom stereocenters. The van der Waals surface area contributed by atoms with Crippen molar-refractivity contribution in [2.24, 2.45) is 0 Å². The van der Waals surface area contributed by atoms with Gasteiger partial charge in [-0.1, -0.05) is 19.9 Å². The van der Waals surface area contributed by atoms with Gasteiger partial charge in [0.2, 0.25) is 20.0 Å². The van der Waals surface area contributed by atoms with E-state index in [4.69, 9.17) is 0 Å². The minimum atomic E-state index is -3.61. The second kappa shape index (κ2) is 13.0. The average molecular weight is 579 g/mol. The molecule has 13 heteroatoms. The van der Waals surface area contributed by atoms with Crippen molar-refractivity contribution in [3.8, 4) is 0 Å². The highest BCUT2D eigenvalue weighted by molar-refractivity contribution is 9.10. The topological polar surface area (TPSA) is 145 Å². The maximum Gasteiger partial charge on any atom is 0.337 e. The van der Waals surface area contributed by atoms with Crippen molar-refractivity contribution in [2.45, 2.75) is 30.6 Å². The van der Waals surface area contributed by atoms with Gasteiger partial charge < -0.3 is 9.47 Å². The Morgan fingerprint density at radius 1 is 0.794 bits per heavy atom. The third-order valence-corrected chi connectivity index (χ3v) is 8.44. The molecule has 0 heterocycles. The van der Waals surface area contributed by atoms with E-state index in [9.17, 15) is 26.4 Å². The summed E-state index contributed by atoms with van der Waals surface area (Å²) in [5, 5.41) is 0. The van der Waals surface area contributed by atoms with Crippen molar-refractivity contribution >= 4 is 47.9 Å². The minimum Gasteiger partial charge on any atom is -0.465 e. The van der Waals surface area contributed by atoms with Crippen molar-refractivity contribution < 1.29 is 35.9 Å². The lowest BCUT2D eigenvalue weighted by molar-refractivity contribution is 0.0591. The van der Waals surface area contributed by atoms with E-state index < -0.39 is 32.0 Å². The molecule has 0 bridgehead atoms. The monoisotopic (exact) mass is 578 g/mol. The van der Waals surface area contributed by atoms with Gasteiger partial charge in [0.1, 0.15) is 0 Å². The molecule has 2 aromatic rings. The average Bonchev–Trinajstić information content (AvgIpc) is 2.78. The van der Waals surface area contributed by atoms with Gasteiger partial charge in [-0.15, -0.1) is 0 Å². The standard InChI is InChI=1S/C11H15NO4S.C10H12BrNO4S/c1-4-12-17(14,15)10-7-9(11(13)16-3)6-5-8(10)2;1-3-12-17(14,15)9-6-7(10(13)16-2)4-5-8(9)11/h5-7,12H,4H2,1-3H3;4-6,12H,3H2,1-2H3. The second-order valence-electron chi connectivity index (χ2n) is 6.61. The first-order valence-electron chi connectivity index (χ1n) is 9.90. The minimum absolute atomic E-state index is 0.0160. The quantitative estimate of drug-likeness (QED) is 0.454. The van der Waals surface area contributed by atoms with Crippen LogP contribution >= 0.6 is 15.9 Å². The van der Waals surface area contributed by atoms with E-state index in [1.54, 1.807) is 26.8 Å². The van der Waals surface area contributed by atoms with Crippen LogP contribution in [0.1, 0.15) is 40.1 Å². The van der Waals surface area contributed by atoms with E-state index in [1.807, 2.05) is 0 Å². The fourth-order valence-electron chi connectivity index (χ4n) is 2.62. The number of rotatable bonds is 8. The van der Waals surface area contributed by atoms with E-state index in [0.29, 0.717) is 16.6 Å². The summed E-state index contributed by atoms with van der Waals surface area (Å²) >= 11 is 3.14. The van der Waals surface area contributed by atoms with Gasteiger partial charge in [0, 0.05) is 17.6 Å². The van der Waals surface area contributed by atoms with Crippen LogP contribution in [0.5, 0.6) is 0 Å². The van der Waals surface area contributed by atoms with Crippen LogP contribution in [0, 0.1) is 6.92 Å². The van der Waals surface area contributed by atoms with E-state index >= 15 is 0 Å². The van der Waals surface area contributed by atoms with Gasteiger partial charge in [-0.2, -0.15) is 0 Å². The molecule has 0 fully saturated rings. The van der Waals surface area contributed by atoms with Crippen LogP contribution in [0.4, 0.5) is 0 Å². The Bertz CT molecular complexity index is 1150. The molecule has 188 valence electrons. The van der Waals surface area contributed by atoms with Crippen LogP contribution in [0.25, 0.3) is 0 Å². The van der Waals surface area contributed by atoms with Crippen LogP contribution in [0.2, 0.25) is 0 Å². The number of sulfonamides is 2. The molecular formula is C21H27BrN2O8S2. The summed E-state index contributed by atoms with van der Waals surface area (Å²) in [7, 11) is -4.68. The maximum atomic E-state index is 11.9. The van der Waals surface area contributed by atoms with Crippen molar-refractivity contribution in [2.75, 3.05) is 27.3 Å². The fourth-order valence-corrected chi connectivity index (χ4v) is 5.96. The smallest absolute Gasteiger partial charge is 0.337 e. The molecule has 0 aliphatic carbocycles. The molecule has 0 saturated carbocycles. The molecule has 2 rings (SSSR count). The summed E-state index contributed by atoms with van der Waals surface area (Å²) in [6, 6.07) is 8.69. The van der Waals surface area contributed by atoms with Crippen molar-refractivity contribution in [3.63, 3.8) is 0 Å². The molecule has 0 atom stereocenters. The van der Waals surface area contributed by atoms with E-state index in [0.717, 1.165) is 0 Å². The summed E-state index contributed by atoms with van der Waals surface area (Å²) in [4.78, 5) is 22.7. The molecule has 2 aromatic carbocycles. The molecule has 0 spiro atoms. The van der Waals surface area contributed by atoms with E-state index in [2.05, 4.69) is 34.8 Å². The number of benzene rings is 2. The number of carbonyl (C=O) groups is 2. The molecular weight excluding hydrogens is 552 g/mol. The van der Waals surface area contributed by atoms with Crippen molar-refractivity contribution in [1.29, 1.82) is 0 Å². The lowest BCUT2D eigenvalue weighted by atomic mass is 10.1. The third-order valence-electron chi connectivity index (χ3n) is 4.21. The van der Waals surface area contributed by atoms with Gasteiger partial charge in [0.25, 0.3) is 0 Å². The first-order chi connectivity index (χ1) is 15.8. The molecule has 10 nitrogen and oxygen atoms in total. The lowest BCUT2D eigenvalue weighted by Gasteiger charge is -2.09. The highest BCUT2D eigenvalue weighted by Crippen LogP contribution is 2.23. The Kier molecular flexibility index (Phi) is 11.3. The number of methoxy groups -OCH3 is 2. The Balaban J connectivity index is 0.000000340. The molecule has 0 amide bonds. The number of nitrogens with one attached hydrogen (secondary N) is 2. The van der Waals surface area contributed by atoms with Gasteiger partial charge in [-0.25, -0.2) is 35.9 Å². The van der Waals surface area contributed by atoms with Crippen LogP contribution < -0.4 is 9.44 Å². The predicted octanol–water partition coefficient (Wildman–Crippen LogP) is 2.61. The summed E-state index contributed by atoms with van der Waals surface area (Å²) < 4.78 is 61.6. The van der Waals surface area contributed by atoms with Crippen molar-refractivity contribution in [3.05, 3.63) is 57.6 Å². The summed E-state index contributed by atoms with van der Waals surface area (Å²) in [5.74, 6) is -1.14. The van der Waals surface area contributed by atoms with E-state index in [-0.39, 0.29) is 27.5 Å². The maximum absolute atomic E-state index is 11.9. The summed E-state index contributed by atoms with van der Waals surface area (Å²) in [5.41, 5.74) is 0.986. The largest absolute Gasteiger partial charge is 0.465 e. The molecule has 0 saturated heterocycles. The zero-order valence-electron chi connectivity index (χ0n) is 19.3. The van der Waals surface area contributed by atoms with Gasteiger partial charge in [0.15, 0.2) is 0 Å². The number of hydrogen-bond donors (Lipinski definition) is 2. The molecule has 2 N–H and O–H groups in total. The van der Waals surface area contributed by atoms with Gasteiger partial charge in [-0.3, -0.25) is 0 Å². The SMILES string of the molecule is CCNS(=O)(=O)c1cc(C(=O)OC)ccc1Br.CCNS(=O)(=O)c1cc(C(=O)OC)ccc1C. The summed E-state index contributed by atoms with van der Waals surface area (Å²) in [6.07, 6.45) is 0. The number of halogens is 1. The highest BCUT2D eigenvalue weighted by atomic mass is 79.9. The van der Waals surface area contributed by atoms with Gasteiger partial charge >= 0.3 is 11.9 Å². The molecule has 34 heavy (non-hydrogen) atoms. The normalized spacial score (nSPS) is 11.2. The number of hydrogen-bond acceptors (Lipinski definition) is 8. The van der Waals surface area contributed by atoms with Crippen LogP contribution in [0.3, 0.4) is 0 Å². The predicted molar refractivity (Wildman–Crippen MR) is 130 cm³/mol. The number of esters is 2. The lowest BCUT2D eigenvalue weighted by Crippen LogP contribution is -2.24. The number of aryl methyl sites for hydroxylation is 1. The zero-order chi connectivity index (χ0) is 26.1. The molecule has 0 aliphatic rings. The molecule has 0 aliphatic heterocycles. The Morgan fingerprint density at radius 3 is 1.65 bits per heavy atom. The Labute approximate surface area is 208 Å². The second-order valence-corrected chi connectivity index (χ2v) is 10.9. The Morgan fingerprint density at radius 2 is 1.21 bits per heavy atom. The number of carbonyl (C=O) groups excluding carboxylic acids is 2. The van der Waals surface area contributed by atoms with Crippen molar-refractivity contribution in [1.82, 2.24) is 9.44 Å². The summed E-state index contributed by atoms with van der Waals surface area (Å²) in [6.45, 7) is 5.61. The van der Waals surface area contributed by atoms with Crippen LogP contribution in [-0.2, 0) is 29.5 Å². The van der Waals surface area contributed by atoms with Crippen LogP contribution in [-0.4, -0.2) is 56.1 Å². The van der Waals surface area contributed by atoms with Gasteiger partial charge in [-0.05, 0) is 58.7 Å². The molecule has 0 aromatic heterocycles. The van der Waals surface area contributed by atoms with Crippen LogP contribution in [0.15, 0.2) is 50.7 Å². The van der Waals surface area contributed by atoms with Gasteiger partial charge in [0.05, 0.1) is 35.1 Å². The Hall–Kier alpha value is -2.32. The zero-order valence-corrected chi connectivity index (χ0v) is 22.6. The first-order valence-corrected chi connectivity index (χ1v) is 13.7. The highest BCUT2D eigenvalue weighted by Gasteiger charge is 2.20. The number of ether oxygens (including phenoxy) is 2.